The van der Waals surface area contributed by atoms with Gasteiger partial charge in [-0.25, -0.2) is 4.79 Å². The Balaban J connectivity index is 2.64. The molecular formula is C14H15F3O5S. The van der Waals surface area contributed by atoms with E-state index in [1.807, 2.05) is 0 Å². The Labute approximate surface area is 131 Å². The van der Waals surface area contributed by atoms with E-state index in [1.165, 1.54) is 0 Å². The smallest absolute Gasteiger partial charge is 0.465 e. The van der Waals surface area contributed by atoms with E-state index < -0.39 is 27.3 Å². The van der Waals surface area contributed by atoms with E-state index in [4.69, 9.17) is 0 Å². The molecule has 0 radical (unpaired) electrons. The molecule has 9 heteroatoms. The molecule has 1 aliphatic rings. The number of esters is 1. The lowest BCUT2D eigenvalue weighted by Gasteiger charge is -2.23. The van der Waals surface area contributed by atoms with Crippen molar-refractivity contribution in [3.63, 3.8) is 0 Å². The number of ether oxygens (including phenoxy) is 1. The fraction of sp³-hybridized carbons (Fsp3) is 0.500. The van der Waals surface area contributed by atoms with Gasteiger partial charge < -0.3 is 8.92 Å². The lowest BCUT2D eigenvalue weighted by molar-refractivity contribution is -0.0500. The second-order valence-electron chi connectivity index (χ2n) is 5.21. The third kappa shape index (κ3) is 3.29. The quantitative estimate of drug-likeness (QED) is 0.475. The number of halogens is 3. The Bertz CT molecular complexity index is 738. The van der Waals surface area contributed by atoms with E-state index >= 15 is 0 Å². The number of carbonyl (C=O) groups excluding carboxylic acids is 1. The Kier molecular flexibility index (Phi) is 4.61. The normalized spacial score (nSPS) is 15.0. The van der Waals surface area contributed by atoms with Crippen LogP contribution in [0.1, 0.15) is 39.9 Å². The highest BCUT2D eigenvalue weighted by Crippen LogP contribution is 2.37. The van der Waals surface area contributed by atoms with Crippen LogP contribution in [0.2, 0.25) is 0 Å². The van der Waals surface area contributed by atoms with E-state index in [2.05, 4.69) is 8.92 Å². The zero-order valence-electron chi connectivity index (χ0n) is 12.5. The van der Waals surface area contributed by atoms with Crippen LogP contribution in [-0.4, -0.2) is 27.0 Å². The van der Waals surface area contributed by atoms with Gasteiger partial charge in [0, 0.05) is 0 Å². The van der Waals surface area contributed by atoms with Crippen LogP contribution in [0, 0.1) is 6.92 Å². The standard InChI is InChI=1S/C14H15F3O5S/c1-8-7-11(22-23(19,20)14(15,16)17)12(13(18)21-2)10-6-4-3-5-9(8)10/h7H,3-6H2,1-2H3. The molecule has 1 aromatic carbocycles. The molecule has 0 fully saturated rings. The lowest BCUT2D eigenvalue weighted by Crippen LogP contribution is -2.29. The third-order valence-electron chi connectivity index (χ3n) is 3.71. The first-order chi connectivity index (χ1) is 10.6. The number of rotatable bonds is 3. The van der Waals surface area contributed by atoms with Crippen molar-refractivity contribution >= 4 is 16.1 Å². The molecular weight excluding hydrogens is 337 g/mol. The van der Waals surface area contributed by atoms with Crippen LogP contribution in [-0.2, 0) is 27.7 Å². The summed E-state index contributed by atoms with van der Waals surface area (Å²) in [5.74, 6) is -1.57. The van der Waals surface area contributed by atoms with Crippen LogP contribution < -0.4 is 4.18 Å². The molecule has 0 spiro atoms. The number of hydrogen-bond acceptors (Lipinski definition) is 5. The van der Waals surface area contributed by atoms with Gasteiger partial charge in [0.05, 0.1) is 7.11 Å². The first kappa shape index (κ1) is 17.6. The van der Waals surface area contributed by atoms with Crippen LogP contribution in [0.5, 0.6) is 5.75 Å². The van der Waals surface area contributed by atoms with Gasteiger partial charge in [0.2, 0.25) is 0 Å². The third-order valence-corrected chi connectivity index (χ3v) is 4.68. The van der Waals surface area contributed by atoms with Gasteiger partial charge in [-0.2, -0.15) is 21.6 Å². The minimum Gasteiger partial charge on any atom is -0.465 e. The fourth-order valence-electron chi connectivity index (χ4n) is 2.68. The summed E-state index contributed by atoms with van der Waals surface area (Å²) < 4.78 is 69.0. The molecule has 2 rings (SSSR count). The van der Waals surface area contributed by atoms with Crippen LogP contribution in [0.25, 0.3) is 0 Å². The van der Waals surface area contributed by atoms with Crippen molar-refractivity contribution in [3.05, 3.63) is 28.3 Å². The topological polar surface area (TPSA) is 69.7 Å². The second-order valence-corrected chi connectivity index (χ2v) is 6.74. The number of benzene rings is 1. The number of alkyl halides is 3. The summed E-state index contributed by atoms with van der Waals surface area (Å²) >= 11 is 0. The number of hydrogen-bond donors (Lipinski definition) is 0. The highest BCUT2D eigenvalue weighted by atomic mass is 32.2. The molecule has 0 amide bonds. The maximum Gasteiger partial charge on any atom is 0.534 e. The molecule has 0 saturated heterocycles. The van der Waals surface area contributed by atoms with Crippen LogP contribution >= 0.6 is 0 Å². The predicted molar refractivity (Wildman–Crippen MR) is 74.8 cm³/mol. The number of aryl methyl sites for hydroxylation is 1. The zero-order chi connectivity index (χ0) is 17.4. The maximum absolute atomic E-state index is 12.5. The van der Waals surface area contributed by atoms with Crippen molar-refractivity contribution in [1.29, 1.82) is 0 Å². The molecule has 0 aromatic heterocycles. The van der Waals surface area contributed by atoms with Crippen molar-refractivity contribution in [1.82, 2.24) is 0 Å². The average molecular weight is 352 g/mol. The molecule has 0 aliphatic heterocycles. The Morgan fingerprint density at radius 2 is 1.74 bits per heavy atom. The van der Waals surface area contributed by atoms with Crippen LogP contribution in [0.15, 0.2) is 6.07 Å². The molecule has 0 N–H and O–H groups in total. The van der Waals surface area contributed by atoms with Crippen LogP contribution in [0.4, 0.5) is 13.2 Å². The molecule has 23 heavy (non-hydrogen) atoms. The summed E-state index contributed by atoms with van der Waals surface area (Å²) in [6.07, 6.45) is 2.74. The Morgan fingerprint density at radius 1 is 1.17 bits per heavy atom. The summed E-state index contributed by atoms with van der Waals surface area (Å²) in [5.41, 5.74) is -3.92. The predicted octanol–water partition coefficient (Wildman–Crippen LogP) is 2.89. The van der Waals surface area contributed by atoms with Gasteiger partial charge in [0.15, 0.2) is 5.75 Å². The van der Waals surface area contributed by atoms with Crippen molar-refractivity contribution in [3.8, 4) is 5.75 Å². The van der Waals surface area contributed by atoms with Gasteiger partial charge in [-0.15, -0.1) is 0 Å². The van der Waals surface area contributed by atoms with Crippen molar-refractivity contribution in [2.45, 2.75) is 38.1 Å². The molecule has 1 aliphatic carbocycles. The van der Waals surface area contributed by atoms with E-state index in [1.54, 1.807) is 6.92 Å². The summed E-state index contributed by atoms with van der Waals surface area (Å²) in [4.78, 5) is 12.0. The molecule has 0 heterocycles. The van der Waals surface area contributed by atoms with E-state index in [-0.39, 0.29) is 5.56 Å². The number of methoxy groups -OCH3 is 1. The lowest BCUT2D eigenvalue weighted by atomic mass is 9.85. The van der Waals surface area contributed by atoms with Crippen molar-refractivity contribution in [2.24, 2.45) is 0 Å². The SMILES string of the molecule is COC(=O)c1c(OS(=O)(=O)C(F)(F)F)cc(C)c2c1CCCC2. The highest BCUT2D eigenvalue weighted by Gasteiger charge is 2.49. The summed E-state index contributed by atoms with van der Waals surface area (Å²) in [5, 5.41) is 0. The van der Waals surface area contributed by atoms with Gasteiger partial charge in [0.1, 0.15) is 5.56 Å². The van der Waals surface area contributed by atoms with E-state index in [0.717, 1.165) is 31.6 Å². The zero-order valence-corrected chi connectivity index (χ0v) is 13.3. The number of fused-ring (bicyclic) bond motifs is 1. The van der Waals surface area contributed by atoms with Crippen molar-refractivity contribution in [2.75, 3.05) is 7.11 Å². The number of carbonyl (C=O) groups is 1. The molecule has 1 aromatic rings. The largest absolute Gasteiger partial charge is 0.534 e. The minimum absolute atomic E-state index is 0.249. The van der Waals surface area contributed by atoms with Gasteiger partial charge in [-0.05, 0) is 55.4 Å². The first-order valence-electron chi connectivity index (χ1n) is 6.83. The van der Waals surface area contributed by atoms with E-state index in [0.29, 0.717) is 24.0 Å². The average Bonchev–Trinajstić information content (AvgIpc) is 2.45. The fourth-order valence-corrected chi connectivity index (χ4v) is 3.14. The Hall–Kier alpha value is -1.77. The highest BCUT2D eigenvalue weighted by molar-refractivity contribution is 7.88. The van der Waals surface area contributed by atoms with Gasteiger partial charge in [-0.3, -0.25) is 0 Å². The maximum atomic E-state index is 12.5. The summed E-state index contributed by atoms with van der Waals surface area (Å²) in [6.45, 7) is 1.64. The van der Waals surface area contributed by atoms with Crippen molar-refractivity contribution < 1.29 is 35.3 Å². The minimum atomic E-state index is -5.87. The van der Waals surface area contributed by atoms with E-state index in [9.17, 15) is 26.4 Å². The molecule has 128 valence electrons. The summed E-state index contributed by atoms with van der Waals surface area (Å²) in [6, 6.07) is 1.14. The first-order valence-corrected chi connectivity index (χ1v) is 8.23. The van der Waals surface area contributed by atoms with Gasteiger partial charge in [0.25, 0.3) is 0 Å². The molecule has 0 atom stereocenters. The molecule has 0 saturated carbocycles. The van der Waals surface area contributed by atoms with Gasteiger partial charge in [-0.1, -0.05) is 0 Å². The van der Waals surface area contributed by atoms with Crippen LogP contribution in [0.3, 0.4) is 0 Å². The Morgan fingerprint density at radius 3 is 2.26 bits per heavy atom. The summed E-state index contributed by atoms with van der Waals surface area (Å²) in [7, 11) is -4.80. The van der Waals surface area contributed by atoms with Gasteiger partial charge >= 0.3 is 21.6 Å². The molecule has 0 bridgehead atoms. The monoisotopic (exact) mass is 352 g/mol. The second kappa shape index (κ2) is 6.03. The molecule has 5 nitrogen and oxygen atoms in total. The molecule has 0 unspecified atom stereocenters.